The third-order valence-corrected chi connectivity index (χ3v) is 2.87. The van der Waals surface area contributed by atoms with Crippen molar-refractivity contribution in [3.8, 4) is 0 Å². The van der Waals surface area contributed by atoms with Crippen molar-refractivity contribution in [3.63, 3.8) is 0 Å². The van der Waals surface area contributed by atoms with Crippen molar-refractivity contribution in [2.75, 3.05) is 5.32 Å². The second-order valence-electron chi connectivity index (χ2n) is 4.29. The number of rotatable bonds is 3. The second-order valence-corrected chi connectivity index (χ2v) is 4.68. The van der Waals surface area contributed by atoms with Crippen LogP contribution in [0.25, 0.3) is 0 Å². The fourth-order valence-electron chi connectivity index (χ4n) is 1.85. The summed E-state index contributed by atoms with van der Waals surface area (Å²) in [5, 5.41) is 7.43. The molecule has 0 spiro atoms. The quantitative estimate of drug-likeness (QED) is 0.878. The van der Waals surface area contributed by atoms with E-state index in [4.69, 9.17) is 11.6 Å². The summed E-state index contributed by atoms with van der Waals surface area (Å²) in [6.07, 6.45) is 2.54. The number of hydrogen-bond donors (Lipinski definition) is 1. The van der Waals surface area contributed by atoms with Gasteiger partial charge in [0.05, 0.1) is 11.4 Å². The normalized spacial score (nSPS) is 10.5. The standard InChI is InChI=1S/C13H15ClN4O/c1-4-10-11(7-18(3)17-10)16-13(19)9-5-8(2)15-12(14)6-9/h5-7H,4H2,1-3H3,(H,16,19). The molecule has 0 atom stereocenters. The van der Waals surface area contributed by atoms with Crippen LogP contribution in [-0.4, -0.2) is 20.7 Å². The average Bonchev–Trinajstić information content (AvgIpc) is 2.68. The number of aromatic nitrogens is 3. The highest BCUT2D eigenvalue weighted by atomic mass is 35.5. The van der Waals surface area contributed by atoms with E-state index in [1.165, 1.54) is 0 Å². The lowest BCUT2D eigenvalue weighted by Crippen LogP contribution is -2.13. The number of nitrogens with zero attached hydrogens (tertiary/aromatic N) is 3. The van der Waals surface area contributed by atoms with Crippen molar-refractivity contribution >= 4 is 23.2 Å². The van der Waals surface area contributed by atoms with Gasteiger partial charge in [-0.25, -0.2) is 4.98 Å². The smallest absolute Gasteiger partial charge is 0.255 e. The summed E-state index contributed by atoms with van der Waals surface area (Å²) in [4.78, 5) is 16.2. The minimum Gasteiger partial charge on any atom is -0.319 e. The van der Waals surface area contributed by atoms with Crippen molar-refractivity contribution in [2.24, 2.45) is 7.05 Å². The SMILES string of the molecule is CCc1nn(C)cc1NC(=O)c1cc(C)nc(Cl)c1. The predicted octanol–water partition coefficient (Wildman–Crippen LogP) is 2.59. The van der Waals surface area contributed by atoms with E-state index in [1.54, 1.807) is 29.9 Å². The summed E-state index contributed by atoms with van der Waals surface area (Å²) >= 11 is 5.85. The Labute approximate surface area is 116 Å². The van der Waals surface area contributed by atoms with E-state index >= 15 is 0 Å². The van der Waals surface area contributed by atoms with Crippen molar-refractivity contribution in [1.82, 2.24) is 14.8 Å². The molecule has 2 aromatic rings. The van der Waals surface area contributed by atoms with Crippen LogP contribution in [0.5, 0.6) is 0 Å². The molecule has 5 nitrogen and oxygen atoms in total. The molecular weight excluding hydrogens is 264 g/mol. The van der Waals surface area contributed by atoms with Gasteiger partial charge in [0.25, 0.3) is 5.91 Å². The monoisotopic (exact) mass is 278 g/mol. The molecule has 100 valence electrons. The van der Waals surface area contributed by atoms with Crippen molar-refractivity contribution in [1.29, 1.82) is 0 Å². The van der Waals surface area contributed by atoms with Gasteiger partial charge < -0.3 is 5.32 Å². The Morgan fingerprint density at radius 3 is 2.84 bits per heavy atom. The van der Waals surface area contributed by atoms with Gasteiger partial charge in [-0.15, -0.1) is 0 Å². The third kappa shape index (κ3) is 3.12. The van der Waals surface area contributed by atoms with Crippen LogP contribution >= 0.6 is 11.6 Å². The van der Waals surface area contributed by atoms with Gasteiger partial charge in [-0.3, -0.25) is 9.48 Å². The zero-order chi connectivity index (χ0) is 14.0. The summed E-state index contributed by atoms with van der Waals surface area (Å²) in [7, 11) is 1.82. The van der Waals surface area contributed by atoms with E-state index in [-0.39, 0.29) is 5.91 Å². The van der Waals surface area contributed by atoms with Crippen molar-refractivity contribution in [3.05, 3.63) is 40.4 Å². The van der Waals surface area contributed by atoms with Gasteiger partial charge in [-0.2, -0.15) is 5.10 Å². The number of halogens is 1. The van der Waals surface area contributed by atoms with Crippen LogP contribution in [0.4, 0.5) is 5.69 Å². The maximum Gasteiger partial charge on any atom is 0.255 e. The first-order chi connectivity index (χ1) is 8.99. The molecule has 0 saturated heterocycles. The maximum atomic E-state index is 12.2. The van der Waals surface area contributed by atoms with Crippen molar-refractivity contribution < 1.29 is 4.79 Å². The Kier molecular flexibility index (Phi) is 3.85. The van der Waals surface area contributed by atoms with Gasteiger partial charge in [0, 0.05) is 24.5 Å². The highest BCUT2D eigenvalue weighted by Crippen LogP contribution is 2.16. The number of anilines is 1. The van der Waals surface area contributed by atoms with E-state index in [2.05, 4.69) is 15.4 Å². The van der Waals surface area contributed by atoms with E-state index < -0.39 is 0 Å². The zero-order valence-electron chi connectivity index (χ0n) is 11.1. The van der Waals surface area contributed by atoms with Crippen LogP contribution in [0.2, 0.25) is 5.15 Å². The Balaban J connectivity index is 2.25. The fourth-order valence-corrected chi connectivity index (χ4v) is 2.10. The van der Waals surface area contributed by atoms with E-state index in [0.29, 0.717) is 16.4 Å². The molecule has 0 aliphatic heterocycles. The highest BCUT2D eigenvalue weighted by Gasteiger charge is 2.12. The van der Waals surface area contributed by atoms with Crippen LogP contribution in [0.3, 0.4) is 0 Å². The van der Waals surface area contributed by atoms with E-state index in [1.807, 2.05) is 14.0 Å². The Morgan fingerprint density at radius 1 is 1.47 bits per heavy atom. The maximum absolute atomic E-state index is 12.2. The first-order valence-electron chi connectivity index (χ1n) is 5.97. The highest BCUT2D eigenvalue weighted by molar-refractivity contribution is 6.29. The topological polar surface area (TPSA) is 59.8 Å². The second kappa shape index (κ2) is 5.40. The molecule has 1 amide bonds. The van der Waals surface area contributed by atoms with Gasteiger partial charge in [-0.1, -0.05) is 18.5 Å². The summed E-state index contributed by atoms with van der Waals surface area (Å²) in [5.74, 6) is -0.213. The Hall–Kier alpha value is -1.88. The molecule has 0 fully saturated rings. The molecule has 0 bridgehead atoms. The van der Waals surface area contributed by atoms with E-state index in [9.17, 15) is 4.79 Å². The fraction of sp³-hybridized carbons (Fsp3) is 0.308. The number of amides is 1. The van der Waals surface area contributed by atoms with Gasteiger partial charge in [0.1, 0.15) is 5.15 Å². The van der Waals surface area contributed by atoms with Crippen LogP contribution < -0.4 is 5.32 Å². The molecule has 0 radical (unpaired) electrons. The minimum absolute atomic E-state index is 0.213. The lowest BCUT2D eigenvalue weighted by molar-refractivity contribution is 0.102. The van der Waals surface area contributed by atoms with Gasteiger partial charge in [0.2, 0.25) is 0 Å². The summed E-state index contributed by atoms with van der Waals surface area (Å²) in [6.45, 7) is 3.79. The average molecular weight is 279 g/mol. The molecule has 19 heavy (non-hydrogen) atoms. The first kappa shape index (κ1) is 13.5. The molecule has 0 aromatic carbocycles. The molecular formula is C13H15ClN4O. The van der Waals surface area contributed by atoms with Crippen LogP contribution in [-0.2, 0) is 13.5 Å². The molecule has 2 rings (SSSR count). The largest absolute Gasteiger partial charge is 0.319 e. The molecule has 2 aromatic heterocycles. The van der Waals surface area contributed by atoms with Crippen LogP contribution in [0.15, 0.2) is 18.3 Å². The van der Waals surface area contributed by atoms with Crippen LogP contribution in [0, 0.1) is 6.92 Å². The summed E-state index contributed by atoms with van der Waals surface area (Å²) < 4.78 is 1.68. The Bertz CT molecular complexity index is 601. The summed E-state index contributed by atoms with van der Waals surface area (Å²) in [5.41, 5.74) is 2.77. The molecule has 6 heteroatoms. The Morgan fingerprint density at radius 2 is 2.21 bits per heavy atom. The lowest BCUT2D eigenvalue weighted by atomic mass is 10.2. The number of nitrogens with one attached hydrogen (secondary N) is 1. The van der Waals surface area contributed by atoms with Gasteiger partial charge >= 0.3 is 0 Å². The van der Waals surface area contributed by atoms with Crippen LogP contribution in [0.1, 0.15) is 28.7 Å². The molecule has 0 aliphatic rings. The molecule has 2 heterocycles. The number of carbonyl (C=O) groups excluding carboxylic acids is 1. The number of pyridine rings is 1. The van der Waals surface area contributed by atoms with Crippen molar-refractivity contribution in [2.45, 2.75) is 20.3 Å². The number of carbonyl (C=O) groups is 1. The summed E-state index contributed by atoms with van der Waals surface area (Å²) in [6, 6.07) is 3.25. The van der Waals surface area contributed by atoms with Gasteiger partial charge in [0.15, 0.2) is 0 Å². The molecule has 0 unspecified atom stereocenters. The molecule has 1 N–H and O–H groups in total. The molecule has 0 saturated carbocycles. The predicted molar refractivity (Wildman–Crippen MR) is 74.5 cm³/mol. The number of hydrogen-bond acceptors (Lipinski definition) is 3. The lowest BCUT2D eigenvalue weighted by Gasteiger charge is -2.05. The van der Waals surface area contributed by atoms with Gasteiger partial charge in [-0.05, 0) is 25.5 Å². The zero-order valence-corrected chi connectivity index (χ0v) is 11.8. The molecule has 0 aliphatic carbocycles. The first-order valence-corrected chi connectivity index (χ1v) is 6.35. The number of aryl methyl sites for hydroxylation is 3. The van der Waals surface area contributed by atoms with E-state index in [0.717, 1.165) is 17.8 Å². The third-order valence-electron chi connectivity index (χ3n) is 2.67. The minimum atomic E-state index is -0.213.